The normalized spacial score (nSPS) is 11.3. The average Bonchev–Trinajstić information content (AvgIpc) is 2.96. The van der Waals surface area contributed by atoms with Crippen molar-refractivity contribution in [1.82, 2.24) is 19.7 Å². The number of fused-ring (bicyclic) bond motifs is 2. The number of benzene rings is 1. The molecule has 0 unspecified atom stereocenters. The summed E-state index contributed by atoms with van der Waals surface area (Å²) in [6.07, 6.45) is 3.04. The van der Waals surface area contributed by atoms with Crippen LogP contribution in [0.3, 0.4) is 0 Å². The van der Waals surface area contributed by atoms with Gasteiger partial charge >= 0.3 is 0 Å². The molecular weight excluding hydrogens is 308 g/mol. The molecule has 0 aliphatic heterocycles. The Hall–Kier alpha value is -2.31. The Morgan fingerprint density at radius 3 is 3.00 bits per heavy atom. The fourth-order valence-electron chi connectivity index (χ4n) is 2.23. The van der Waals surface area contributed by atoms with Crippen LogP contribution in [0.15, 0.2) is 47.0 Å². The molecule has 0 aliphatic rings. The molecule has 21 heavy (non-hydrogen) atoms. The Kier molecular flexibility index (Phi) is 2.73. The van der Waals surface area contributed by atoms with Gasteiger partial charge in [0.1, 0.15) is 6.33 Å². The predicted molar refractivity (Wildman–Crippen MR) is 83.3 cm³/mol. The van der Waals surface area contributed by atoms with Crippen molar-refractivity contribution < 1.29 is 0 Å². The van der Waals surface area contributed by atoms with Gasteiger partial charge in [0.2, 0.25) is 0 Å². The molecule has 4 rings (SSSR count). The quantitative estimate of drug-likeness (QED) is 0.542. The number of halogens is 1. The average molecular weight is 315 g/mol. The van der Waals surface area contributed by atoms with Crippen LogP contribution >= 0.6 is 22.9 Å². The van der Waals surface area contributed by atoms with E-state index in [9.17, 15) is 4.79 Å². The first-order valence-electron chi connectivity index (χ1n) is 6.11. The summed E-state index contributed by atoms with van der Waals surface area (Å²) in [7, 11) is 0. The third-order valence-corrected chi connectivity index (χ3v) is 4.40. The lowest BCUT2D eigenvalue weighted by molar-refractivity contribution is 0.799. The van der Waals surface area contributed by atoms with E-state index < -0.39 is 0 Å². The largest absolute Gasteiger partial charge is 0.282 e. The van der Waals surface area contributed by atoms with Crippen LogP contribution in [0.5, 0.6) is 0 Å². The van der Waals surface area contributed by atoms with Gasteiger partial charge in [-0.25, -0.2) is 9.97 Å². The van der Waals surface area contributed by atoms with Crippen LogP contribution < -0.4 is 5.56 Å². The fourth-order valence-corrected chi connectivity index (χ4v) is 3.31. The molecule has 0 bridgehead atoms. The summed E-state index contributed by atoms with van der Waals surface area (Å²) in [5, 5.41) is 7.67. The van der Waals surface area contributed by atoms with E-state index >= 15 is 0 Å². The molecule has 0 aliphatic carbocycles. The first-order chi connectivity index (χ1) is 10.3. The second-order valence-electron chi connectivity index (χ2n) is 4.40. The van der Waals surface area contributed by atoms with Crippen LogP contribution in [0.4, 0.5) is 0 Å². The maximum Gasteiger partial charge on any atom is 0.282 e. The van der Waals surface area contributed by atoms with Gasteiger partial charge in [0, 0.05) is 5.39 Å². The van der Waals surface area contributed by atoms with Gasteiger partial charge in [0.15, 0.2) is 5.82 Å². The molecule has 0 atom stereocenters. The van der Waals surface area contributed by atoms with Crippen molar-refractivity contribution in [3.8, 4) is 5.82 Å². The molecule has 5 nitrogen and oxygen atoms in total. The SMILES string of the molecule is O=c1c2c(Cl)cccc2cnn1-c1ncnc2ccsc12. The highest BCUT2D eigenvalue weighted by Gasteiger charge is 2.13. The minimum absolute atomic E-state index is 0.286. The van der Waals surface area contributed by atoms with E-state index in [4.69, 9.17) is 11.6 Å². The Balaban J connectivity index is 2.12. The first kappa shape index (κ1) is 12.4. The standard InChI is InChI=1S/C14H7ClN4OS/c15-9-3-1-2-8-6-18-19(14(20)11(8)9)13-12-10(4-5-21-12)16-7-17-13/h1-7H. The van der Waals surface area contributed by atoms with E-state index in [0.29, 0.717) is 21.6 Å². The summed E-state index contributed by atoms with van der Waals surface area (Å²) in [5.41, 5.74) is 0.504. The lowest BCUT2D eigenvalue weighted by atomic mass is 10.2. The van der Waals surface area contributed by atoms with Crippen LogP contribution in [0.1, 0.15) is 0 Å². The molecule has 0 saturated carbocycles. The van der Waals surface area contributed by atoms with Gasteiger partial charge in [-0.05, 0) is 17.5 Å². The number of rotatable bonds is 1. The maximum absolute atomic E-state index is 12.7. The molecule has 0 radical (unpaired) electrons. The van der Waals surface area contributed by atoms with Gasteiger partial charge in [-0.15, -0.1) is 11.3 Å². The van der Waals surface area contributed by atoms with Crippen LogP contribution in [0.25, 0.3) is 26.8 Å². The Bertz CT molecular complexity index is 1040. The van der Waals surface area contributed by atoms with Gasteiger partial charge in [-0.1, -0.05) is 23.7 Å². The topological polar surface area (TPSA) is 60.7 Å². The zero-order chi connectivity index (χ0) is 14.4. The molecule has 7 heteroatoms. The van der Waals surface area contributed by atoms with Crippen molar-refractivity contribution in [1.29, 1.82) is 0 Å². The molecule has 4 aromatic rings. The summed E-state index contributed by atoms with van der Waals surface area (Å²) in [6.45, 7) is 0. The number of hydrogen-bond donors (Lipinski definition) is 0. The van der Waals surface area contributed by atoms with Crippen molar-refractivity contribution in [2.75, 3.05) is 0 Å². The second-order valence-corrected chi connectivity index (χ2v) is 5.72. The number of nitrogens with zero attached hydrogens (tertiary/aromatic N) is 4. The molecule has 0 saturated heterocycles. The highest BCUT2D eigenvalue weighted by Crippen LogP contribution is 2.24. The summed E-state index contributed by atoms with van der Waals surface area (Å²) in [4.78, 5) is 21.0. The van der Waals surface area contributed by atoms with Gasteiger partial charge in [0.25, 0.3) is 5.56 Å². The molecule has 1 aromatic carbocycles. The van der Waals surface area contributed by atoms with E-state index in [-0.39, 0.29) is 5.56 Å². The first-order valence-corrected chi connectivity index (χ1v) is 7.36. The van der Waals surface area contributed by atoms with Gasteiger partial charge < -0.3 is 0 Å². The lowest BCUT2D eigenvalue weighted by Gasteiger charge is -2.06. The maximum atomic E-state index is 12.7. The Morgan fingerprint density at radius 2 is 2.10 bits per heavy atom. The van der Waals surface area contributed by atoms with Gasteiger partial charge in [-0.2, -0.15) is 9.78 Å². The summed E-state index contributed by atoms with van der Waals surface area (Å²) in [6, 6.07) is 7.17. The van der Waals surface area contributed by atoms with Crippen LogP contribution in [0.2, 0.25) is 5.02 Å². The van der Waals surface area contributed by atoms with Crippen LogP contribution in [-0.4, -0.2) is 19.7 Å². The summed E-state index contributed by atoms with van der Waals surface area (Å²) in [5.74, 6) is 0.474. The highest BCUT2D eigenvalue weighted by atomic mass is 35.5. The van der Waals surface area contributed by atoms with Crippen LogP contribution in [0, 0.1) is 0 Å². The van der Waals surface area contributed by atoms with Crippen LogP contribution in [-0.2, 0) is 0 Å². The molecule has 102 valence electrons. The lowest BCUT2D eigenvalue weighted by Crippen LogP contribution is -2.22. The molecule has 3 aromatic heterocycles. The Labute approximate surface area is 127 Å². The highest BCUT2D eigenvalue weighted by molar-refractivity contribution is 7.17. The van der Waals surface area contributed by atoms with Crippen molar-refractivity contribution in [2.24, 2.45) is 0 Å². The summed E-state index contributed by atoms with van der Waals surface area (Å²) < 4.78 is 2.09. The number of hydrogen-bond acceptors (Lipinski definition) is 5. The van der Waals surface area contributed by atoms with E-state index in [1.54, 1.807) is 24.4 Å². The third-order valence-electron chi connectivity index (χ3n) is 3.19. The van der Waals surface area contributed by atoms with E-state index in [0.717, 1.165) is 10.2 Å². The van der Waals surface area contributed by atoms with Crippen molar-refractivity contribution >= 4 is 43.9 Å². The van der Waals surface area contributed by atoms with Crippen molar-refractivity contribution in [3.63, 3.8) is 0 Å². The molecule has 3 heterocycles. The zero-order valence-electron chi connectivity index (χ0n) is 10.5. The van der Waals surface area contributed by atoms with Gasteiger partial charge in [-0.3, -0.25) is 4.79 Å². The molecule has 0 spiro atoms. The number of aromatic nitrogens is 4. The third kappa shape index (κ3) is 1.84. The molecular formula is C14H7ClN4OS. The summed E-state index contributed by atoms with van der Waals surface area (Å²) >= 11 is 7.62. The number of thiophene rings is 1. The van der Waals surface area contributed by atoms with E-state index in [1.807, 2.05) is 11.4 Å². The Morgan fingerprint density at radius 1 is 1.19 bits per heavy atom. The molecule has 0 fully saturated rings. The predicted octanol–water partition coefficient (Wildman–Crippen LogP) is 3.04. The van der Waals surface area contributed by atoms with E-state index in [1.165, 1.54) is 22.3 Å². The van der Waals surface area contributed by atoms with E-state index in [2.05, 4.69) is 15.1 Å². The fraction of sp³-hybridized carbons (Fsp3) is 0. The van der Waals surface area contributed by atoms with Crippen molar-refractivity contribution in [3.05, 3.63) is 57.5 Å². The molecule has 0 N–H and O–H groups in total. The minimum atomic E-state index is -0.286. The smallest absolute Gasteiger partial charge is 0.267 e. The zero-order valence-corrected chi connectivity index (χ0v) is 12.1. The monoisotopic (exact) mass is 314 g/mol. The minimum Gasteiger partial charge on any atom is -0.267 e. The van der Waals surface area contributed by atoms with Crippen molar-refractivity contribution in [2.45, 2.75) is 0 Å². The molecule has 0 amide bonds. The van der Waals surface area contributed by atoms with Gasteiger partial charge in [0.05, 0.1) is 26.8 Å². The second kappa shape index (κ2) is 4.61.